The van der Waals surface area contributed by atoms with Crippen molar-refractivity contribution in [2.75, 3.05) is 0 Å². The molecule has 0 aliphatic carbocycles. The number of carboxylic acids is 1. The normalized spacial score (nSPS) is 11.1. The number of primary sulfonamides is 1. The summed E-state index contributed by atoms with van der Waals surface area (Å²) in [5.41, 5.74) is 0.528. The SMILES string of the molecule is NS(=O)(=O)c1ccc(Oc2ccccc2CC(=O)O)cc1. The van der Waals surface area contributed by atoms with Gasteiger partial charge in [0.15, 0.2) is 0 Å². The number of carboxylic acid groups (broad SMARTS) is 1. The first-order valence-corrected chi connectivity index (χ1v) is 7.51. The number of hydrogen-bond donors (Lipinski definition) is 2. The summed E-state index contributed by atoms with van der Waals surface area (Å²) < 4.78 is 27.9. The van der Waals surface area contributed by atoms with E-state index in [0.717, 1.165) is 0 Å². The van der Waals surface area contributed by atoms with Crippen LogP contribution in [-0.4, -0.2) is 19.5 Å². The van der Waals surface area contributed by atoms with Gasteiger partial charge in [0, 0.05) is 5.56 Å². The molecule has 0 saturated carbocycles. The monoisotopic (exact) mass is 307 g/mol. The second-order valence-electron chi connectivity index (χ2n) is 4.30. The van der Waals surface area contributed by atoms with Crippen LogP contribution in [0.4, 0.5) is 0 Å². The van der Waals surface area contributed by atoms with Gasteiger partial charge in [0.05, 0.1) is 11.3 Å². The van der Waals surface area contributed by atoms with E-state index in [0.29, 0.717) is 17.1 Å². The first-order valence-electron chi connectivity index (χ1n) is 5.96. The highest BCUT2D eigenvalue weighted by molar-refractivity contribution is 7.89. The Kier molecular flexibility index (Phi) is 4.25. The number of carbonyl (C=O) groups is 1. The van der Waals surface area contributed by atoms with Crippen LogP contribution in [0, 0.1) is 0 Å². The number of benzene rings is 2. The second-order valence-corrected chi connectivity index (χ2v) is 5.86. The maximum atomic E-state index is 11.1. The predicted octanol–water partition coefficient (Wildman–Crippen LogP) is 1.75. The molecule has 110 valence electrons. The van der Waals surface area contributed by atoms with E-state index < -0.39 is 16.0 Å². The minimum atomic E-state index is -3.75. The summed E-state index contributed by atoms with van der Waals surface area (Å²) in [5, 5.41) is 13.9. The van der Waals surface area contributed by atoms with Gasteiger partial charge in [-0.15, -0.1) is 0 Å². The van der Waals surface area contributed by atoms with E-state index in [1.807, 2.05) is 0 Å². The zero-order chi connectivity index (χ0) is 15.5. The zero-order valence-corrected chi connectivity index (χ0v) is 11.7. The van der Waals surface area contributed by atoms with Crippen molar-refractivity contribution >= 4 is 16.0 Å². The molecule has 0 atom stereocenters. The molecular weight excluding hydrogens is 294 g/mol. The van der Waals surface area contributed by atoms with E-state index in [-0.39, 0.29) is 11.3 Å². The van der Waals surface area contributed by atoms with Crippen molar-refractivity contribution in [3.8, 4) is 11.5 Å². The van der Waals surface area contributed by atoms with E-state index in [2.05, 4.69) is 0 Å². The zero-order valence-electron chi connectivity index (χ0n) is 10.9. The van der Waals surface area contributed by atoms with Gasteiger partial charge in [0.1, 0.15) is 11.5 Å². The molecule has 2 rings (SSSR count). The number of para-hydroxylation sites is 1. The maximum Gasteiger partial charge on any atom is 0.307 e. The van der Waals surface area contributed by atoms with Gasteiger partial charge in [-0.05, 0) is 30.3 Å². The quantitative estimate of drug-likeness (QED) is 0.875. The Hall–Kier alpha value is -2.38. The lowest BCUT2D eigenvalue weighted by Gasteiger charge is -2.10. The van der Waals surface area contributed by atoms with Gasteiger partial charge in [-0.25, -0.2) is 13.6 Å². The van der Waals surface area contributed by atoms with E-state index in [4.69, 9.17) is 15.0 Å². The van der Waals surface area contributed by atoms with Gasteiger partial charge in [-0.2, -0.15) is 0 Å². The van der Waals surface area contributed by atoms with E-state index >= 15 is 0 Å². The number of hydrogen-bond acceptors (Lipinski definition) is 4. The Balaban J connectivity index is 2.24. The Morgan fingerprint density at radius 1 is 1.10 bits per heavy atom. The summed E-state index contributed by atoms with van der Waals surface area (Å²) in [6, 6.07) is 12.3. The average molecular weight is 307 g/mol. The van der Waals surface area contributed by atoms with Crippen molar-refractivity contribution in [2.45, 2.75) is 11.3 Å². The largest absolute Gasteiger partial charge is 0.481 e. The molecule has 7 heteroatoms. The molecule has 0 aliphatic rings. The van der Waals surface area contributed by atoms with Crippen LogP contribution in [0.3, 0.4) is 0 Å². The van der Waals surface area contributed by atoms with Gasteiger partial charge in [0.2, 0.25) is 10.0 Å². The van der Waals surface area contributed by atoms with Gasteiger partial charge in [-0.1, -0.05) is 18.2 Å². The molecule has 2 aromatic rings. The molecule has 0 bridgehead atoms. The standard InChI is InChI=1S/C14H13NO5S/c15-21(18,19)12-7-5-11(6-8-12)20-13-4-2-1-3-10(13)9-14(16)17/h1-8H,9H2,(H,16,17)(H2,15,18,19). The van der Waals surface area contributed by atoms with Crippen LogP contribution in [0.1, 0.15) is 5.56 Å². The summed E-state index contributed by atoms with van der Waals surface area (Å²) in [6.07, 6.45) is -0.161. The molecule has 0 heterocycles. The minimum absolute atomic E-state index is 0.0197. The van der Waals surface area contributed by atoms with E-state index in [1.54, 1.807) is 24.3 Å². The van der Waals surface area contributed by atoms with Crippen molar-refractivity contribution in [2.24, 2.45) is 5.14 Å². The lowest BCUT2D eigenvalue weighted by atomic mass is 10.1. The highest BCUT2D eigenvalue weighted by Gasteiger charge is 2.10. The first-order chi connectivity index (χ1) is 9.86. The van der Waals surface area contributed by atoms with Gasteiger partial charge in [-0.3, -0.25) is 4.79 Å². The maximum absolute atomic E-state index is 11.1. The minimum Gasteiger partial charge on any atom is -0.481 e. The Morgan fingerprint density at radius 2 is 1.71 bits per heavy atom. The molecule has 6 nitrogen and oxygen atoms in total. The van der Waals surface area contributed by atoms with Crippen LogP contribution in [0.15, 0.2) is 53.4 Å². The molecule has 21 heavy (non-hydrogen) atoms. The predicted molar refractivity (Wildman–Crippen MR) is 75.7 cm³/mol. The van der Waals surface area contributed by atoms with Crippen LogP contribution in [0.2, 0.25) is 0 Å². The number of sulfonamides is 1. The smallest absolute Gasteiger partial charge is 0.307 e. The fourth-order valence-electron chi connectivity index (χ4n) is 1.74. The number of nitrogens with two attached hydrogens (primary N) is 1. The van der Waals surface area contributed by atoms with Crippen molar-refractivity contribution in [1.29, 1.82) is 0 Å². The van der Waals surface area contributed by atoms with Gasteiger partial charge < -0.3 is 9.84 Å². The molecule has 0 radical (unpaired) electrons. The second kappa shape index (κ2) is 5.94. The molecule has 0 saturated heterocycles. The van der Waals surface area contributed by atoms with Crippen LogP contribution >= 0.6 is 0 Å². The van der Waals surface area contributed by atoms with E-state index in [9.17, 15) is 13.2 Å². The lowest BCUT2D eigenvalue weighted by molar-refractivity contribution is -0.136. The van der Waals surface area contributed by atoms with Crippen LogP contribution < -0.4 is 9.88 Å². The van der Waals surface area contributed by atoms with Gasteiger partial charge in [0.25, 0.3) is 0 Å². The summed E-state index contributed by atoms with van der Waals surface area (Å²) in [4.78, 5) is 10.8. The van der Waals surface area contributed by atoms with E-state index in [1.165, 1.54) is 24.3 Å². The lowest BCUT2D eigenvalue weighted by Crippen LogP contribution is -2.11. The number of aliphatic carboxylic acids is 1. The van der Waals surface area contributed by atoms with Crippen molar-refractivity contribution in [1.82, 2.24) is 0 Å². The van der Waals surface area contributed by atoms with Crippen molar-refractivity contribution in [3.05, 3.63) is 54.1 Å². The molecule has 0 aliphatic heterocycles. The summed E-state index contributed by atoms with van der Waals surface area (Å²) in [6.45, 7) is 0. The molecule has 2 aromatic carbocycles. The van der Waals surface area contributed by atoms with Crippen molar-refractivity contribution < 1.29 is 23.1 Å². The molecular formula is C14H13NO5S. The summed E-state index contributed by atoms with van der Waals surface area (Å²) >= 11 is 0. The van der Waals surface area contributed by atoms with Crippen molar-refractivity contribution in [3.63, 3.8) is 0 Å². The molecule has 3 N–H and O–H groups in total. The Labute approximate surface area is 121 Å². The third kappa shape index (κ3) is 4.04. The third-order valence-electron chi connectivity index (χ3n) is 2.69. The fraction of sp³-hybridized carbons (Fsp3) is 0.0714. The highest BCUT2D eigenvalue weighted by Crippen LogP contribution is 2.26. The first kappa shape index (κ1) is 15.0. The molecule has 0 spiro atoms. The Morgan fingerprint density at radius 3 is 2.29 bits per heavy atom. The molecule has 0 unspecified atom stereocenters. The topological polar surface area (TPSA) is 107 Å². The number of rotatable bonds is 5. The molecule has 0 aromatic heterocycles. The Bertz CT molecular complexity index is 753. The average Bonchev–Trinajstić information content (AvgIpc) is 2.40. The summed E-state index contributed by atoms with van der Waals surface area (Å²) in [5.74, 6) is -0.167. The number of ether oxygens (including phenoxy) is 1. The third-order valence-corrected chi connectivity index (χ3v) is 3.62. The van der Waals surface area contributed by atoms with Gasteiger partial charge >= 0.3 is 5.97 Å². The summed E-state index contributed by atoms with van der Waals surface area (Å²) in [7, 11) is -3.75. The highest BCUT2D eigenvalue weighted by atomic mass is 32.2. The fourth-order valence-corrected chi connectivity index (χ4v) is 2.25. The van der Waals surface area contributed by atoms with Crippen LogP contribution in [0.5, 0.6) is 11.5 Å². The van der Waals surface area contributed by atoms with Crippen LogP contribution in [-0.2, 0) is 21.2 Å². The molecule has 0 amide bonds. The van der Waals surface area contributed by atoms with Crippen LogP contribution in [0.25, 0.3) is 0 Å². The molecule has 0 fully saturated rings.